The highest BCUT2D eigenvalue weighted by Gasteiger charge is 2.24. The Kier molecular flexibility index (Phi) is 3.28. The summed E-state index contributed by atoms with van der Waals surface area (Å²) in [7, 11) is 0. The van der Waals surface area contributed by atoms with E-state index >= 15 is 0 Å². The van der Waals surface area contributed by atoms with Crippen LogP contribution in [0.5, 0.6) is 5.75 Å². The van der Waals surface area contributed by atoms with Gasteiger partial charge in [0, 0.05) is 11.8 Å². The van der Waals surface area contributed by atoms with Crippen LogP contribution in [-0.2, 0) is 16.1 Å². The van der Waals surface area contributed by atoms with Crippen molar-refractivity contribution in [3.8, 4) is 5.75 Å². The number of hydrogen-bond donors (Lipinski definition) is 1. The molecule has 20 heavy (non-hydrogen) atoms. The lowest BCUT2D eigenvalue weighted by molar-refractivity contribution is -0.145. The number of esters is 1. The zero-order valence-corrected chi connectivity index (χ0v) is 10.9. The van der Waals surface area contributed by atoms with Gasteiger partial charge in [-0.25, -0.2) is 0 Å². The third kappa shape index (κ3) is 2.59. The largest absolute Gasteiger partial charge is 0.493 e. The predicted molar refractivity (Wildman–Crippen MR) is 72.3 cm³/mol. The van der Waals surface area contributed by atoms with E-state index < -0.39 is 0 Å². The third-order valence-electron chi connectivity index (χ3n) is 3.20. The van der Waals surface area contributed by atoms with Gasteiger partial charge in [-0.2, -0.15) is 5.10 Å². The topological polar surface area (TPSA) is 79.4 Å². The molecule has 0 bridgehead atoms. The van der Waals surface area contributed by atoms with E-state index in [-0.39, 0.29) is 18.4 Å². The second-order valence-corrected chi connectivity index (χ2v) is 4.67. The highest BCUT2D eigenvalue weighted by molar-refractivity contribution is 5.69. The molecular weight excluding hydrogens is 258 g/mol. The molecular formula is C14H15N3O3. The quantitative estimate of drug-likeness (QED) is 0.846. The van der Waals surface area contributed by atoms with E-state index in [0.29, 0.717) is 19.0 Å². The Balaban J connectivity index is 1.54. The van der Waals surface area contributed by atoms with Crippen molar-refractivity contribution in [2.45, 2.75) is 12.5 Å². The number of carbonyl (C=O) groups excluding carboxylic acids is 1. The minimum Gasteiger partial charge on any atom is -0.493 e. The van der Waals surface area contributed by atoms with Gasteiger partial charge in [-0.3, -0.25) is 9.48 Å². The van der Waals surface area contributed by atoms with Crippen LogP contribution in [-0.4, -0.2) is 29.0 Å². The maximum atomic E-state index is 11.7. The summed E-state index contributed by atoms with van der Waals surface area (Å²) >= 11 is 0. The maximum Gasteiger partial charge on any atom is 0.327 e. The number of anilines is 1. The number of fused-ring (bicyclic) bond motifs is 1. The molecule has 1 unspecified atom stereocenters. The first-order valence-electron chi connectivity index (χ1n) is 6.38. The number of hydrogen-bond acceptors (Lipinski definition) is 5. The number of nitrogens with zero attached hydrogens (tertiary/aromatic N) is 2. The molecule has 104 valence electrons. The summed E-state index contributed by atoms with van der Waals surface area (Å²) in [5, 5.41) is 3.94. The molecule has 0 saturated carbocycles. The van der Waals surface area contributed by atoms with E-state index in [0.717, 1.165) is 11.3 Å². The van der Waals surface area contributed by atoms with Crippen molar-refractivity contribution in [2.75, 3.05) is 18.9 Å². The zero-order valence-electron chi connectivity index (χ0n) is 10.9. The lowest BCUT2D eigenvalue weighted by atomic mass is 10.0. The molecule has 1 aliphatic heterocycles. The molecule has 0 spiro atoms. The van der Waals surface area contributed by atoms with Crippen molar-refractivity contribution in [3.05, 3.63) is 42.1 Å². The smallest absolute Gasteiger partial charge is 0.327 e. The van der Waals surface area contributed by atoms with Crippen molar-refractivity contribution in [3.63, 3.8) is 0 Å². The SMILES string of the molecule is Nc1ccn(CC(=O)OCC2COc3ccccc32)n1. The summed E-state index contributed by atoms with van der Waals surface area (Å²) in [6.07, 6.45) is 1.64. The van der Waals surface area contributed by atoms with Gasteiger partial charge in [0.05, 0.1) is 12.5 Å². The Morgan fingerprint density at radius 3 is 3.10 bits per heavy atom. The number of nitrogens with two attached hydrogens (primary N) is 1. The summed E-state index contributed by atoms with van der Waals surface area (Å²) in [6.45, 7) is 0.917. The summed E-state index contributed by atoms with van der Waals surface area (Å²) in [5.74, 6) is 1.01. The van der Waals surface area contributed by atoms with Crippen LogP contribution < -0.4 is 10.5 Å². The lowest BCUT2D eigenvalue weighted by Crippen LogP contribution is -2.18. The van der Waals surface area contributed by atoms with E-state index in [2.05, 4.69) is 5.10 Å². The highest BCUT2D eigenvalue weighted by atomic mass is 16.5. The van der Waals surface area contributed by atoms with Gasteiger partial charge in [-0.15, -0.1) is 0 Å². The molecule has 2 N–H and O–H groups in total. The Morgan fingerprint density at radius 1 is 1.45 bits per heavy atom. The van der Waals surface area contributed by atoms with Gasteiger partial charge in [0.2, 0.25) is 0 Å². The molecule has 0 saturated heterocycles. The summed E-state index contributed by atoms with van der Waals surface area (Å²) in [4.78, 5) is 11.7. The van der Waals surface area contributed by atoms with Gasteiger partial charge in [0.25, 0.3) is 0 Å². The van der Waals surface area contributed by atoms with Gasteiger partial charge in [-0.1, -0.05) is 18.2 Å². The van der Waals surface area contributed by atoms with Crippen LogP contribution in [0.4, 0.5) is 5.82 Å². The van der Waals surface area contributed by atoms with Gasteiger partial charge < -0.3 is 15.2 Å². The van der Waals surface area contributed by atoms with Crippen LogP contribution in [0, 0.1) is 0 Å². The molecule has 2 heterocycles. The normalized spacial score (nSPS) is 16.5. The number of aromatic nitrogens is 2. The zero-order chi connectivity index (χ0) is 13.9. The fourth-order valence-corrected chi connectivity index (χ4v) is 2.20. The molecule has 0 aliphatic carbocycles. The van der Waals surface area contributed by atoms with Crippen molar-refractivity contribution in [1.82, 2.24) is 9.78 Å². The molecule has 0 radical (unpaired) electrons. The Bertz CT molecular complexity index is 624. The maximum absolute atomic E-state index is 11.7. The highest BCUT2D eigenvalue weighted by Crippen LogP contribution is 2.33. The first-order valence-corrected chi connectivity index (χ1v) is 6.38. The van der Waals surface area contributed by atoms with E-state index in [4.69, 9.17) is 15.2 Å². The second-order valence-electron chi connectivity index (χ2n) is 4.67. The molecule has 1 aromatic heterocycles. The molecule has 6 nitrogen and oxygen atoms in total. The van der Waals surface area contributed by atoms with Gasteiger partial charge in [-0.05, 0) is 12.1 Å². The van der Waals surface area contributed by atoms with Crippen LogP contribution in [0.2, 0.25) is 0 Å². The van der Waals surface area contributed by atoms with Crippen LogP contribution in [0.25, 0.3) is 0 Å². The van der Waals surface area contributed by atoms with Gasteiger partial charge in [0.1, 0.15) is 24.7 Å². The first kappa shape index (κ1) is 12.5. The van der Waals surface area contributed by atoms with Gasteiger partial charge >= 0.3 is 5.97 Å². The van der Waals surface area contributed by atoms with Crippen LogP contribution in [0.15, 0.2) is 36.5 Å². The number of carbonyl (C=O) groups is 1. The summed E-state index contributed by atoms with van der Waals surface area (Å²) in [5.41, 5.74) is 6.57. The van der Waals surface area contributed by atoms with Crippen LogP contribution in [0.1, 0.15) is 11.5 Å². The first-order chi connectivity index (χ1) is 9.72. The number of para-hydroxylation sites is 1. The van der Waals surface area contributed by atoms with Crippen molar-refractivity contribution in [2.24, 2.45) is 0 Å². The molecule has 6 heteroatoms. The van der Waals surface area contributed by atoms with Crippen molar-refractivity contribution < 1.29 is 14.3 Å². The van der Waals surface area contributed by atoms with Gasteiger partial charge in [0.15, 0.2) is 0 Å². The standard InChI is InChI=1S/C14H15N3O3/c15-13-5-6-17(16-13)7-14(18)20-9-10-8-19-12-4-2-1-3-11(10)12/h1-6,10H,7-9H2,(H2,15,16). The van der Waals surface area contributed by atoms with E-state index in [1.54, 1.807) is 12.3 Å². The fourth-order valence-electron chi connectivity index (χ4n) is 2.20. The Hall–Kier alpha value is -2.50. The minimum atomic E-state index is -0.336. The minimum absolute atomic E-state index is 0.0619. The van der Waals surface area contributed by atoms with E-state index in [9.17, 15) is 4.79 Å². The lowest BCUT2D eigenvalue weighted by Gasteiger charge is -2.10. The molecule has 1 atom stereocenters. The average Bonchev–Trinajstić information content (AvgIpc) is 3.03. The second kappa shape index (κ2) is 5.24. The van der Waals surface area contributed by atoms with Crippen molar-refractivity contribution >= 4 is 11.8 Å². The third-order valence-corrected chi connectivity index (χ3v) is 3.20. The molecule has 3 rings (SSSR count). The Morgan fingerprint density at radius 2 is 2.30 bits per heavy atom. The summed E-state index contributed by atoms with van der Waals surface area (Å²) < 4.78 is 12.3. The fraction of sp³-hybridized carbons (Fsp3) is 0.286. The number of ether oxygens (including phenoxy) is 2. The van der Waals surface area contributed by atoms with E-state index in [1.165, 1.54) is 4.68 Å². The van der Waals surface area contributed by atoms with E-state index in [1.807, 2.05) is 24.3 Å². The molecule has 0 fully saturated rings. The van der Waals surface area contributed by atoms with Crippen molar-refractivity contribution in [1.29, 1.82) is 0 Å². The molecule has 1 aliphatic rings. The summed E-state index contributed by atoms with van der Waals surface area (Å²) in [6, 6.07) is 9.43. The Labute approximate surface area is 116 Å². The number of nitrogen functional groups attached to an aromatic ring is 1. The molecule has 0 amide bonds. The number of rotatable bonds is 4. The van der Waals surface area contributed by atoms with Crippen LogP contribution >= 0.6 is 0 Å². The predicted octanol–water partition coefficient (Wildman–Crippen LogP) is 1.18. The van der Waals surface area contributed by atoms with Crippen LogP contribution in [0.3, 0.4) is 0 Å². The average molecular weight is 273 g/mol. The number of benzene rings is 1. The monoisotopic (exact) mass is 273 g/mol. The molecule has 2 aromatic rings. The molecule has 1 aromatic carbocycles.